The molecule has 1 spiro atoms. The van der Waals surface area contributed by atoms with Crippen molar-refractivity contribution in [2.24, 2.45) is 29.6 Å². The molecule has 22 heavy (non-hydrogen) atoms. The average Bonchev–Trinajstić information content (AvgIpc) is 3.03. The zero-order valence-electron chi connectivity index (χ0n) is 12.7. The van der Waals surface area contributed by atoms with Gasteiger partial charge in [-0.05, 0) is 37.5 Å². The third kappa shape index (κ3) is 1.67. The monoisotopic (exact) mass is 298 g/mol. The second-order valence-electron chi connectivity index (χ2n) is 7.55. The molecular formula is C19H22O3. The molecule has 1 saturated heterocycles. The summed E-state index contributed by atoms with van der Waals surface area (Å²) in [5, 5.41) is 0. The lowest BCUT2D eigenvalue weighted by molar-refractivity contribution is -0.298. The molecule has 3 nitrogen and oxygen atoms in total. The third-order valence-corrected chi connectivity index (χ3v) is 6.56. The summed E-state index contributed by atoms with van der Waals surface area (Å²) in [7, 11) is 0. The van der Waals surface area contributed by atoms with Gasteiger partial charge in [-0.2, -0.15) is 0 Å². The molecular weight excluding hydrogens is 276 g/mol. The number of ether oxygens (including phenoxy) is 2. The predicted molar refractivity (Wildman–Crippen MR) is 81.3 cm³/mol. The van der Waals surface area contributed by atoms with Crippen LogP contribution in [0.4, 0.5) is 0 Å². The van der Waals surface area contributed by atoms with E-state index in [2.05, 4.69) is 0 Å². The molecule has 5 fully saturated rings. The summed E-state index contributed by atoms with van der Waals surface area (Å²) in [6, 6.07) is 9.80. The number of benzene rings is 1. The van der Waals surface area contributed by atoms with Gasteiger partial charge in [0.25, 0.3) is 0 Å². The Kier molecular flexibility index (Phi) is 2.81. The fourth-order valence-electron chi connectivity index (χ4n) is 5.94. The van der Waals surface area contributed by atoms with Gasteiger partial charge in [-0.25, -0.2) is 0 Å². The van der Waals surface area contributed by atoms with Crippen molar-refractivity contribution in [2.75, 3.05) is 13.2 Å². The zero-order chi connectivity index (χ0) is 14.7. The average molecular weight is 298 g/mol. The van der Waals surface area contributed by atoms with Gasteiger partial charge in [0, 0.05) is 23.3 Å². The number of carbonyl (C=O) groups is 1. The molecule has 0 N–H and O–H groups in total. The van der Waals surface area contributed by atoms with E-state index in [0.29, 0.717) is 30.8 Å². The number of Topliss-reactive ketones (excluding diaryl/α,β-unsaturated/α-hetero) is 1. The van der Waals surface area contributed by atoms with Gasteiger partial charge in [0.15, 0.2) is 11.6 Å². The Labute approximate surface area is 131 Å². The number of hydrogen-bond donors (Lipinski definition) is 0. The van der Waals surface area contributed by atoms with Crippen molar-refractivity contribution in [3.05, 3.63) is 35.9 Å². The molecule has 5 atom stereocenters. The standard InChI is InChI=1S/C19H22O3/c20-18(13-4-2-1-3-5-13)17-14-8-12-9-15(11-14)19(16(17)10-12)21-6-7-22-19/h1-5,12,14-17H,6-11H2. The van der Waals surface area contributed by atoms with E-state index in [4.69, 9.17) is 9.47 Å². The van der Waals surface area contributed by atoms with Crippen molar-refractivity contribution in [1.29, 1.82) is 0 Å². The molecule has 4 bridgehead atoms. The van der Waals surface area contributed by atoms with Gasteiger partial charge in [0.05, 0.1) is 13.2 Å². The molecule has 0 aromatic heterocycles. The number of rotatable bonds is 2. The predicted octanol–water partition coefficient (Wildman–Crippen LogP) is 3.29. The molecule has 0 amide bonds. The number of carbonyl (C=O) groups excluding carboxylic acids is 1. The van der Waals surface area contributed by atoms with Crippen molar-refractivity contribution in [3.63, 3.8) is 0 Å². The largest absolute Gasteiger partial charge is 0.347 e. The van der Waals surface area contributed by atoms with Gasteiger partial charge in [-0.15, -0.1) is 0 Å². The van der Waals surface area contributed by atoms with Crippen LogP contribution < -0.4 is 0 Å². The van der Waals surface area contributed by atoms with Gasteiger partial charge >= 0.3 is 0 Å². The molecule has 4 saturated carbocycles. The van der Waals surface area contributed by atoms with E-state index in [1.54, 1.807) is 0 Å². The highest BCUT2D eigenvalue weighted by atomic mass is 16.7. The van der Waals surface area contributed by atoms with E-state index in [0.717, 1.165) is 24.3 Å². The van der Waals surface area contributed by atoms with Crippen LogP contribution in [-0.2, 0) is 9.47 Å². The molecule has 0 radical (unpaired) electrons. The second-order valence-corrected chi connectivity index (χ2v) is 7.55. The first kappa shape index (κ1) is 13.3. The maximum atomic E-state index is 13.2. The first-order valence-electron chi connectivity index (χ1n) is 8.65. The highest BCUT2D eigenvalue weighted by molar-refractivity contribution is 5.98. The van der Waals surface area contributed by atoms with Crippen LogP contribution in [0.3, 0.4) is 0 Å². The van der Waals surface area contributed by atoms with Gasteiger partial charge in [0.2, 0.25) is 0 Å². The first-order valence-corrected chi connectivity index (χ1v) is 8.65. The smallest absolute Gasteiger partial charge is 0.174 e. The quantitative estimate of drug-likeness (QED) is 0.786. The molecule has 1 heterocycles. The Bertz CT molecular complexity index is 590. The minimum atomic E-state index is -0.442. The van der Waals surface area contributed by atoms with E-state index >= 15 is 0 Å². The van der Waals surface area contributed by atoms with Gasteiger partial charge in [0.1, 0.15) is 0 Å². The van der Waals surface area contributed by atoms with Crippen molar-refractivity contribution < 1.29 is 14.3 Å². The number of ketones is 1. The summed E-state index contributed by atoms with van der Waals surface area (Å²) in [5.41, 5.74) is 0.855. The highest BCUT2D eigenvalue weighted by Crippen LogP contribution is 2.63. The van der Waals surface area contributed by atoms with Gasteiger partial charge in [-0.1, -0.05) is 30.3 Å². The molecule has 5 aliphatic rings. The SMILES string of the molecule is O=C(c1ccccc1)C1C2CC3CC(C2)C2(OCCO2)C1C3. The molecule has 1 aromatic carbocycles. The molecule has 4 aliphatic carbocycles. The lowest BCUT2D eigenvalue weighted by Gasteiger charge is -2.61. The van der Waals surface area contributed by atoms with E-state index in [9.17, 15) is 4.79 Å². The molecule has 1 aromatic rings. The summed E-state index contributed by atoms with van der Waals surface area (Å²) in [6.07, 6.45) is 4.68. The fraction of sp³-hybridized carbons (Fsp3) is 0.632. The molecule has 5 unspecified atom stereocenters. The van der Waals surface area contributed by atoms with E-state index in [1.807, 2.05) is 30.3 Å². The van der Waals surface area contributed by atoms with Crippen LogP contribution >= 0.6 is 0 Å². The van der Waals surface area contributed by atoms with E-state index in [1.165, 1.54) is 12.8 Å². The molecule has 116 valence electrons. The van der Waals surface area contributed by atoms with Crippen molar-refractivity contribution in [3.8, 4) is 0 Å². The molecule has 1 aliphatic heterocycles. The maximum Gasteiger partial charge on any atom is 0.174 e. The van der Waals surface area contributed by atoms with Gasteiger partial charge < -0.3 is 9.47 Å². The minimum Gasteiger partial charge on any atom is -0.347 e. The Hall–Kier alpha value is -1.19. The van der Waals surface area contributed by atoms with E-state index in [-0.39, 0.29) is 11.8 Å². The Morgan fingerprint density at radius 2 is 1.77 bits per heavy atom. The van der Waals surface area contributed by atoms with Crippen LogP contribution in [0, 0.1) is 29.6 Å². The third-order valence-electron chi connectivity index (χ3n) is 6.56. The van der Waals surface area contributed by atoms with Crippen LogP contribution in [0.1, 0.15) is 36.0 Å². The van der Waals surface area contributed by atoms with Crippen LogP contribution in [0.15, 0.2) is 30.3 Å². The highest BCUT2D eigenvalue weighted by Gasteiger charge is 2.65. The summed E-state index contributed by atoms with van der Waals surface area (Å²) < 4.78 is 12.3. The summed E-state index contributed by atoms with van der Waals surface area (Å²) in [6.45, 7) is 1.38. The molecule has 6 rings (SSSR count). The summed E-state index contributed by atoms with van der Waals surface area (Å²) in [5.74, 6) is 2.06. The van der Waals surface area contributed by atoms with Gasteiger partial charge in [-0.3, -0.25) is 4.79 Å². The lowest BCUT2D eigenvalue weighted by Crippen LogP contribution is -2.63. The minimum absolute atomic E-state index is 0.0910. The summed E-state index contributed by atoms with van der Waals surface area (Å²) >= 11 is 0. The topological polar surface area (TPSA) is 35.5 Å². The summed E-state index contributed by atoms with van der Waals surface area (Å²) in [4.78, 5) is 13.2. The first-order chi connectivity index (χ1) is 10.8. The Morgan fingerprint density at radius 1 is 1.00 bits per heavy atom. The Morgan fingerprint density at radius 3 is 2.55 bits per heavy atom. The van der Waals surface area contributed by atoms with Crippen molar-refractivity contribution >= 4 is 5.78 Å². The zero-order valence-corrected chi connectivity index (χ0v) is 12.7. The van der Waals surface area contributed by atoms with E-state index < -0.39 is 5.79 Å². The second kappa shape index (κ2) is 4.65. The van der Waals surface area contributed by atoms with Crippen molar-refractivity contribution in [1.82, 2.24) is 0 Å². The van der Waals surface area contributed by atoms with Crippen LogP contribution in [0.5, 0.6) is 0 Å². The lowest BCUT2D eigenvalue weighted by atomic mass is 9.48. The van der Waals surface area contributed by atoms with Crippen molar-refractivity contribution in [2.45, 2.75) is 31.5 Å². The van der Waals surface area contributed by atoms with Crippen LogP contribution in [-0.4, -0.2) is 24.8 Å². The maximum absolute atomic E-state index is 13.2. The Balaban J connectivity index is 1.54. The van der Waals surface area contributed by atoms with Crippen LogP contribution in [0.25, 0.3) is 0 Å². The number of hydrogen-bond acceptors (Lipinski definition) is 3. The molecule has 3 heteroatoms. The fourth-order valence-corrected chi connectivity index (χ4v) is 5.94. The van der Waals surface area contributed by atoms with Crippen LogP contribution in [0.2, 0.25) is 0 Å². The normalized spacial score (nSPS) is 41.2.